The molecule has 0 saturated carbocycles. The smallest absolute Gasteiger partial charge is 0.338 e. The largest absolute Gasteiger partial charge is 0.495 e. The van der Waals surface area contributed by atoms with E-state index in [1.165, 1.54) is 35.7 Å². The van der Waals surface area contributed by atoms with Crippen molar-refractivity contribution in [3.8, 4) is 5.75 Å². The van der Waals surface area contributed by atoms with Crippen molar-refractivity contribution in [1.29, 1.82) is 0 Å². The lowest BCUT2D eigenvalue weighted by molar-refractivity contribution is 0.0462. The quantitative estimate of drug-likeness (QED) is 0.542. The van der Waals surface area contributed by atoms with Crippen LogP contribution in [0.25, 0.3) is 10.9 Å². The van der Waals surface area contributed by atoms with Gasteiger partial charge in [0.1, 0.15) is 23.1 Å². The maximum atomic E-state index is 13.0. The lowest BCUT2D eigenvalue weighted by Gasteiger charge is -2.18. The average molecular weight is 478 g/mol. The Morgan fingerprint density at radius 1 is 1.19 bits per heavy atom. The number of hydrogen-bond donors (Lipinski definition) is 1. The first-order valence-corrected chi connectivity index (χ1v) is 11.6. The van der Waals surface area contributed by atoms with Crippen molar-refractivity contribution in [3.05, 3.63) is 63.2 Å². The summed E-state index contributed by atoms with van der Waals surface area (Å²) in [4.78, 5) is 31.5. The van der Waals surface area contributed by atoms with Crippen molar-refractivity contribution in [2.24, 2.45) is 0 Å². The SMILES string of the molecule is COc1ccc(C(=O)OCc2nc3cc(Cl)ccc3c(=O)[nH]2)cc1S(=O)(=O)N1CCCC1. The van der Waals surface area contributed by atoms with Gasteiger partial charge in [-0.05, 0) is 49.2 Å². The average Bonchev–Trinajstić information content (AvgIpc) is 3.32. The number of H-pyrrole nitrogens is 1. The summed E-state index contributed by atoms with van der Waals surface area (Å²) in [5, 5.41) is 0.778. The van der Waals surface area contributed by atoms with Crippen LogP contribution in [0.4, 0.5) is 0 Å². The number of aromatic amines is 1. The third-order valence-corrected chi connectivity index (χ3v) is 7.29. The van der Waals surface area contributed by atoms with Crippen LogP contribution in [-0.4, -0.2) is 48.9 Å². The molecule has 0 spiro atoms. The Bertz CT molecular complexity index is 1350. The summed E-state index contributed by atoms with van der Waals surface area (Å²) in [5.74, 6) is -0.484. The van der Waals surface area contributed by atoms with Crippen molar-refractivity contribution < 1.29 is 22.7 Å². The highest BCUT2D eigenvalue weighted by Crippen LogP contribution is 2.30. The molecule has 0 atom stereocenters. The van der Waals surface area contributed by atoms with Crippen LogP contribution in [0.2, 0.25) is 5.02 Å². The van der Waals surface area contributed by atoms with Crippen LogP contribution in [0.1, 0.15) is 29.0 Å². The zero-order valence-corrected chi connectivity index (χ0v) is 18.7. The van der Waals surface area contributed by atoms with Crippen LogP contribution in [0, 0.1) is 0 Å². The van der Waals surface area contributed by atoms with E-state index in [0.29, 0.717) is 29.0 Å². The van der Waals surface area contributed by atoms with Crippen LogP contribution in [0.5, 0.6) is 5.75 Å². The second kappa shape index (κ2) is 8.89. The summed E-state index contributed by atoms with van der Waals surface area (Å²) in [6, 6.07) is 8.75. The van der Waals surface area contributed by atoms with Gasteiger partial charge in [-0.1, -0.05) is 11.6 Å². The molecule has 32 heavy (non-hydrogen) atoms. The van der Waals surface area contributed by atoms with Crippen LogP contribution in [0.3, 0.4) is 0 Å². The monoisotopic (exact) mass is 477 g/mol. The molecule has 1 N–H and O–H groups in total. The van der Waals surface area contributed by atoms with E-state index in [0.717, 1.165) is 12.8 Å². The molecule has 1 aliphatic rings. The Kier molecular flexibility index (Phi) is 6.18. The predicted molar refractivity (Wildman–Crippen MR) is 117 cm³/mol. The molecular formula is C21H20ClN3O6S. The van der Waals surface area contributed by atoms with E-state index in [1.54, 1.807) is 12.1 Å². The molecule has 0 unspecified atom stereocenters. The molecule has 3 aromatic rings. The number of benzene rings is 2. The molecule has 9 nitrogen and oxygen atoms in total. The highest BCUT2D eigenvalue weighted by molar-refractivity contribution is 7.89. The van der Waals surface area contributed by atoms with E-state index < -0.39 is 16.0 Å². The van der Waals surface area contributed by atoms with E-state index >= 15 is 0 Å². The number of fused-ring (bicyclic) bond motifs is 1. The first kappa shape index (κ1) is 22.3. The molecule has 0 bridgehead atoms. The van der Waals surface area contributed by atoms with E-state index in [1.807, 2.05) is 0 Å². The summed E-state index contributed by atoms with van der Waals surface area (Å²) in [5.41, 5.74) is 0.0200. The number of sulfonamides is 1. The van der Waals surface area contributed by atoms with Gasteiger partial charge in [0, 0.05) is 18.1 Å². The minimum atomic E-state index is -3.81. The third kappa shape index (κ3) is 4.34. The summed E-state index contributed by atoms with van der Waals surface area (Å²) in [6.07, 6.45) is 1.57. The molecule has 0 amide bonds. The number of nitrogens with one attached hydrogen (secondary N) is 1. The fourth-order valence-electron chi connectivity index (χ4n) is 3.52. The second-order valence-corrected chi connectivity index (χ2v) is 9.57. The van der Waals surface area contributed by atoms with Crippen LogP contribution >= 0.6 is 11.6 Å². The van der Waals surface area contributed by atoms with Gasteiger partial charge in [-0.25, -0.2) is 18.2 Å². The van der Waals surface area contributed by atoms with E-state index in [-0.39, 0.29) is 34.2 Å². The summed E-state index contributed by atoms with van der Waals surface area (Å²) < 4.78 is 37.8. The van der Waals surface area contributed by atoms with Crippen LogP contribution < -0.4 is 10.3 Å². The predicted octanol–water partition coefficient (Wildman–Crippen LogP) is 2.73. The van der Waals surface area contributed by atoms with Gasteiger partial charge in [0.2, 0.25) is 10.0 Å². The summed E-state index contributed by atoms with van der Waals surface area (Å²) in [6.45, 7) is 0.535. The lowest BCUT2D eigenvalue weighted by Crippen LogP contribution is -2.28. The molecule has 4 rings (SSSR count). The Morgan fingerprint density at radius 2 is 1.94 bits per heavy atom. The molecule has 1 aromatic heterocycles. The molecule has 2 heterocycles. The van der Waals surface area contributed by atoms with E-state index in [2.05, 4.69) is 9.97 Å². The number of rotatable bonds is 6. The minimum absolute atomic E-state index is 0.0368. The maximum absolute atomic E-state index is 13.0. The lowest BCUT2D eigenvalue weighted by atomic mass is 10.2. The van der Waals surface area contributed by atoms with Crippen molar-refractivity contribution in [3.63, 3.8) is 0 Å². The fourth-order valence-corrected chi connectivity index (χ4v) is 5.38. The van der Waals surface area contributed by atoms with Gasteiger partial charge >= 0.3 is 5.97 Å². The number of carbonyl (C=O) groups is 1. The molecular weight excluding hydrogens is 458 g/mol. The van der Waals surface area contributed by atoms with Crippen LogP contribution in [0.15, 0.2) is 46.1 Å². The van der Waals surface area contributed by atoms with Crippen molar-refractivity contribution >= 4 is 38.5 Å². The van der Waals surface area contributed by atoms with Crippen LogP contribution in [-0.2, 0) is 21.4 Å². The molecule has 0 radical (unpaired) electrons. The standard InChI is InChI=1S/C21H20ClN3O6S/c1-30-17-7-4-13(10-18(17)32(28,29)25-8-2-3-9-25)21(27)31-12-19-23-16-11-14(22)5-6-15(16)20(26)24-19/h4-7,10-11H,2-3,8-9,12H2,1H3,(H,23,24,26). The Labute approximate surface area is 189 Å². The zero-order valence-electron chi connectivity index (χ0n) is 17.1. The number of halogens is 1. The number of aromatic nitrogens is 2. The number of esters is 1. The molecule has 11 heteroatoms. The van der Waals surface area contributed by atoms with Gasteiger partial charge in [0.05, 0.1) is 23.6 Å². The van der Waals surface area contributed by atoms with E-state index in [4.69, 9.17) is 21.1 Å². The Morgan fingerprint density at radius 3 is 2.66 bits per heavy atom. The summed E-state index contributed by atoms with van der Waals surface area (Å²) in [7, 11) is -2.44. The van der Waals surface area contributed by atoms with Gasteiger partial charge in [0.15, 0.2) is 0 Å². The van der Waals surface area contributed by atoms with E-state index in [9.17, 15) is 18.0 Å². The maximum Gasteiger partial charge on any atom is 0.338 e. The van der Waals surface area contributed by atoms with Gasteiger partial charge in [-0.15, -0.1) is 0 Å². The molecule has 0 aliphatic carbocycles. The molecule has 2 aromatic carbocycles. The first-order valence-electron chi connectivity index (χ1n) is 9.83. The number of carbonyl (C=O) groups excluding carboxylic acids is 1. The zero-order chi connectivity index (χ0) is 22.9. The number of hydrogen-bond acceptors (Lipinski definition) is 7. The number of ether oxygens (including phenoxy) is 2. The molecule has 168 valence electrons. The van der Waals surface area contributed by atoms with Gasteiger partial charge in [0.25, 0.3) is 5.56 Å². The number of methoxy groups -OCH3 is 1. The molecule has 1 saturated heterocycles. The first-order chi connectivity index (χ1) is 15.3. The molecule has 1 fully saturated rings. The molecule has 1 aliphatic heterocycles. The van der Waals surface area contributed by atoms with Crippen molar-refractivity contribution in [2.75, 3.05) is 20.2 Å². The van der Waals surface area contributed by atoms with Gasteiger partial charge < -0.3 is 14.5 Å². The fraction of sp³-hybridized carbons (Fsp3) is 0.286. The highest BCUT2D eigenvalue weighted by atomic mass is 35.5. The number of nitrogens with zero attached hydrogens (tertiary/aromatic N) is 2. The summed E-state index contributed by atoms with van der Waals surface area (Å²) >= 11 is 5.95. The van der Waals surface area contributed by atoms with Crippen molar-refractivity contribution in [2.45, 2.75) is 24.3 Å². The van der Waals surface area contributed by atoms with Crippen molar-refractivity contribution in [1.82, 2.24) is 14.3 Å². The minimum Gasteiger partial charge on any atom is -0.495 e. The van der Waals surface area contributed by atoms with Gasteiger partial charge in [-0.2, -0.15) is 4.31 Å². The normalized spacial score (nSPS) is 14.6. The highest BCUT2D eigenvalue weighted by Gasteiger charge is 2.30. The Balaban J connectivity index is 1.57. The third-order valence-electron chi connectivity index (χ3n) is 5.14. The topological polar surface area (TPSA) is 119 Å². The van der Waals surface area contributed by atoms with Gasteiger partial charge in [-0.3, -0.25) is 4.79 Å². The second-order valence-electron chi connectivity index (χ2n) is 7.23. The Hall–Kier alpha value is -2.95.